The summed E-state index contributed by atoms with van der Waals surface area (Å²) in [7, 11) is 3.08. The lowest BCUT2D eigenvalue weighted by Gasteiger charge is -2.22. The molecule has 0 saturated carbocycles. The van der Waals surface area contributed by atoms with E-state index in [4.69, 9.17) is 4.74 Å². The monoisotopic (exact) mass is 363 g/mol. The zero-order valence-electron chi connectivity index (χ0n) is 15.0. The van der Waals surface area contributed by atoms with E-state index in [0.717, 1.165) is 17.2 Å². The van der Waals surface area contributed by atoms with Gasteiger partial charge >= 0.3 is 5.69 Å². The van der Waals surface area contributed by atoms with E-state index in [1.807, 2.05) is 11.8 Å². The molecule has 3 rings (SSSR count). The minimum atomic E-state index is -0.451. The molecule has 0 spiro atoms. The molecule has 0 bridgehead atoms. The first-order valence-electron chi connectivity index (χ1n) is 8.47. The standard InChI is InChI=1S/C17H22FN5O3/c1-4-26-14-7-13(12(18)9-19-14)20-11-5-6-23(10-11)15-8-16(24)22(3)17(25)21(15)2/h7-9,11H,4-6,10H2,1-3H3,(H,19,20)/t11-/m0/s1. The van der Waals surface area contributed by atoms with Gasteiger partial charge in [0.2, 0.25) is 5.88 Å². The van der Waals surface area contributed by atoms with Crippen LogP contribution in [0.2, 0.25) is 0 Å². The van der Waals surface area contributed by atoms with Crippen LogP contribution in [0.5, 0.6) is 5.88 Å². The van der Waals surface area contributed by atoms with E-state index in [9.17, 15) is 14.0 Å². The molecule has 9 heteroatoms. The van der Waals surface area contributed by atoms with Gasteiger partial charge in [-0.3, -0.25) is 13.9 Å². The normalized spacial score (nSPS) is 16.8. The van der Waals surface area contributed by atoms with Gasteiger partial charge in [0.05, 0.1) is 18.5 Å². The molecule has 1 atom stereocenters. The summed E-state index contributed by atoms with van der Waals surface area (Å²) in [4.78, 5) is 29.8. The molecule has 2 aromatic heterocycles. The molecule has 3 heterocycles. The molecule has 0 unspecified atom stereocenters. The molecular weight excluding hydrogens is 341 g/mol. The van der Waals surface area contributed by atoms with Crippen LogP contribution in [0, 0.1) is 5.82 Å². The Labute approximate surface area is 149 Å². The van der Waals surface area contributed by atoms with Gasteiger partial charge in [0.15, 0.2) is 5.82 Å². The van der Waals surface area contributed by atoms with Gasteiger partial charge in [-0.15, -0.1) is 0 Å². The van der Waals surface area contributed by atoms with Crippen LogP contribution >= 0.6 is 0 Å². The predicted molar refractivity (Wildman–Crippen MR) is 96.5 cm³/mol. The Balaban J connectivity index is 1.77. The van der Waals surface area contributed by atoms with E-state index < -0.39 is 5.82 Å². The molecule has 0 amide bonds. The molecule has 26 heavy (non-hydrogen) atoms. The number of halogens is 1. The second kappa shape index (κ2) is 7.19. The lowest BCUT2D eigenvalue weighted by Crippen LogP contribution is -2.40. The highest BCUT2D eigenvalue weighted by Gasteiger charge is 2.25. The Kier molecular flexibility index (Phi) is 4.97. The summed E-state index contributed by atoms with van der Waals surface area (Å²) in [5, 5.41) is 3.16. The van der Waals surface area contributed by atoms with Crippen molar-refractivity contribution in [2.45, 2.75) is 19.4 Å². The van der Waals surface area contributed by atoms with Crippen LogP contribution in [0.15, 0.2) is 27.9 Å². The summed E-state index contributed by atoms with van der Waals surface area (Å²) in [5.41, 5.74) is -0.389. The van der Waals surface area contributed by atoms with E-state index in [0.29, 0.717) is 37.1 Å². The highest BCUT2D eigenvalue weighted by molar-refractivity contribution is 5.49. The van der Waals surface area contributed by atoms with E-state index in [-0.39, 0.29) is 17.3 Å². The average molecular weight is 363 g/mol. The van der Waals surface area contributed by atoms with Crippen molar-refractivity contribution >= 4 is 11.5 Å². The lowest BCUT2D eigenvalue weighted by atomic mass is 10.2. The highest BCUT2D eigenvalue weighted by Crippen LogP contribution is 2.24. The maximum atomic E-state index is 14.0. The summed E-state index contributed by atoms with van der Waals surface area (Å²) < 4.78 is 21.8. The van der Waals surface area contributed by atoms with E-state index in [2.05, 4.69) is 10.3 Å². The van der Waals surface area contributed by atoms with Crippen molar-refractivity contribution in [1.29, 1.82) is 0 Å². The molecule has 1 aliphatic heterocycles. The fraction of sp³-hybridized carbons (Fsp3) is 0.471. The average Bonchev–Trinajstić information content (AvgIpc) is 3.07. The second-order valence-electron chi connectivity index (χ2n) is 6.25. The number of hydrogen-bond donors (Lipinski definition) is 1. The van der Waals surface area contributed by atoms with Gasteiger partial charge in [-0.25, -0.2) is 14.2 Å². The van der Waals surface area contributed by atoms with E-state index in [1.165, 1.54) is 23.7 Å². The zero-order chi connectivity index (χ0) is 18.8. The molecular formula is C17H22FN5O3. The van der Waals surface area contributed by atoms with Crippen LogP contribution in [0.25, 0.3) is 0 Å². The molecule has 2 aromatic rings. The number of rotatable bonds is 5. The first kappa shape index (κ1) is 18.0. The molecule has 1 N–H and O–H groups in total. The Bertz CT molecular complexity index is 924. The van der Waals surface area contributed by atoms with Gasteiger partial charge in [-0.1, -0.05) is 0 Å². The lowest BCUT2D eigenvalue weighted by molar-refractivity contribution is 0.326. The molecule has 0 aromatic carbocycles. The maximum Gasteiger partial charge on any atom is 0.332 e. The van der Waals surface area contributed by atoms with Crippen LogP contribution in [-0.2, 0) is 14.1 Å². The molecule has 1 saturated heterocycles. The number of pyridine rings is 1. The molecule has 1 aliphatic rings. The van der Waals surface area contributed by atoms with Gasteiger partial charge < -0.3 is 15.0 Å². The van der Waals surface area contributed by atoms with Crippen LogP contribution in [0.1, 0.15) is 13.3 Å². The number of aromatic nitrogens is 3. The van der Waals surface area contributed by atoms with Crippen LogP contribution in [0.3, 0.4) is 0 Å². The third kappa shape index (κ3) is 3.42. The van der Waals surface area contributed by atoms with Gasteiger partial charge in [0, 0.05) is 45.4 Å². The van der Waals surface area contributed by atoms with Crippen molar-refractivity contribution < 1.29 is 9.13 Å². The third-order valence-corrected chi connectivity index (χ3v) is 4.50. The van der Waals surface area contributed by atoms with Crippen LogP contribution in [-0.4, -0.2) is 39.9 Å². The summed E-state index contributed by atoms with van der Waals surface area (Å²) >= 11 is 0. The van der Waals surface area contributed by atoms with E-state index in [1.54, 1.807) is 7.05 Å². The summed E-state index contributed by atoms with van der Waals surface area (Å²) in [6.07, 6.45) is 1.87. The van der Waals surface area contributed by atoms with Crippen LogP contribution < -0.4 is 26.2 Å². The van der Waals surface area contributed by atoms with Crippen molar-refractivity contribution in [2.75, 3.05) is 29.9 Å². The van der Waals surface area contributed by atoms with Crippen molar-refractivity contribution in [3.8, 4) is 5.88 Å². The molecule has 0 radical (unpaired) electrons. The molecule has 0 aliphatic carbocycles. The van der Waals surface area contributed by atoms with Gasteiger partial charge in [-0.05, 0) is 13.3 Å². The first-order chi connectivity index (χ1) is 12.4. The minimum absolute atomic E-state index is 0.0273. The fourth-order valence-electron chi connectivity index (χ4n) is 3.09. The van der Waals surface area contributed by atoms with Crippen molar-refractivity contribution in [3.63, 3.8) is 0 Å². The Morgan fingerprint density at radius 3 is 2.81 bits per heavy atom. The van der Waals surface area contributed by atoms with E-state index >= 15 is 0 Å². The Hall–Kier alpha value is -2.84. The third-order valence-electron chi connectivity index (χ3n) is 4.50. The largest absolute Gasteiger partial charge is 0.478 e. The number of anilines is 2. The number of hydrogen-bond acceptors (Lipinski definition) is 6. The van der Waals surface area contributed by atoms with Gasteiger partial charge in [0.1, 0.15) is 5.82 Å². The first-order valence-corrected chi connectivity index (χ1v) is 8.47. The van der Waals surface area contributed by atoms with Crippen molar-refractivity contribution in [1.82, 2.24) is 14.1 Å². The number of nitrogens with zero attached hydrogens (tertiary/aromatic N) is 4. The van der Waals surface area contributed by atoms with Gasteiger partial charge in [0.25, 0.3) is 5.56 Å². The molecule has 1 fully saturated rings. The Morgan fingerprint density at radius 2 is 2.08 bits per heavy atom. The summed E-state index contributed by atoms with van der Waals surface area (Å²) in [6.45, 7) is 3.49. The summed E-state index contributed by atoms with van der Waals surface area (Å²) in [6, 6.07) is 2.96. The van der Waals surface area contributed by atoms with Crippen LogP contribution in [0.4, 0.5) is 15.9 Å². The number of ether oxygens (including phenoxy) is 1. The SMILES string of the molecule is CCOc1cc(N[C@H]2CCN(c3cc(=O)n(C)c(=O)n3C)C2)c(F)cn1. The Morgan fingerprint density at radius 1 is 1.31 bits per heavy atom. The predicted octanol–water partition coefficient (Wildman–Crippen LogP) is 0.708. The maximum absolute atomic E-state index is 14.0. The topological polar surface area (TPSA) is 81.4 Å². The fourth-order valence-corrected chi connectivity index (χ4v) is 3.09. The van der Waals surface area contributed by atoms with Crippen molar-refractivity contribution in [2.24, 2.45) is 14.1 Å². The smallest absolute Gasteiger partial charge is 0.332 e. The number of nitrogens with one attached hydrogen (secondary N) is 1. The minimum Gasteiger partial charge on any atom is -0.478 e. The highest BCUT2D eigenvalue weighted by atomic mass is 19.1. The zero-order valence-corrected chi connectivity index (χ0v) is 15.0. The molecule has 8 nitrogen and oxygen atoms in total. The van der Waals surface area contributed by atoms with Crippen molar-refractivity contribution in [3.05, 3.63) is 45.0 Å². The molecule has 140 valence electrons. The quantitative estimate of drug-likeness (QED) is 0.843. The summed E-state index contributed by atoms with van der Waals surface area (Å²) in [5.74, 6) is 0.473. The second-order valence-corrected chi connectivity index (χ2v) is 6.25. The van der Waals surface area contributed by atoms with Gasteiger partial charge in [-0.2, -0.15) is 0 Å².